The zero-order valence-corrected chi connectivity index (χ0v) is 16.3. The Bertz CT molecular complexity index is 953. The maximum absolute atomic E-state index is 12.4. The van der Waals surface area contributed by atoms with Crippen molar-refractivity contribution in [3.8, 4) is 0 Å². The van der Waals surface area contributed by atoms with Crippen molar-refractivity contribution in [1.29, 1.82) is 0 Å². The summed E-state index contributed by atoms with van der Waals surface area (Å²) in [6, 6.07) is 13.2. The summed E-state index contributed by atoms with van der Waals surface area (Å²) in [6.45, 7) is 2.78. The van der Waals surface area contributed by atoms with E-state index in [-0.39, 0.29) is 18.1 Å². The minimum absolute atomic E-state index is 0.0882. The zero-order chi connectivity index (χ0) is 19.4. The summed E-state index contributed by atoms with van der Waals surface area (Å²) in [5, 5.41) is 11.7. The SMILES string of the molecule is CCc1ccc(Cn2nnc(C(=O)NCc3ccc(Cl)cc3Cl)c2N)cc1. The van der Waals surface area contributed by atoms with Gasteiger partial charge in [-0.05, 0) is 35.2 Å². The number of aryl methyl sites for hydroxylation is 1. The van der Waals surface area contributed by atoms with E-state index in [4.69, 9.17) is 28.9 Å². The molecule has 0 bridgehead atoms. The third kappa shape index (κ3) is 4.59. The van der Waals surface area contributed by atoms with E-state index < -0.39 is 5.91 Å². The smallest absolute Gasteiger partial charge is 0.275 e. The molecule has 3 N–H and O–H groups in total. The average Bonchev–Trinajstić information content (AvgIpc) is 3.02. The number of nitrogens with two attached hydrogens (primary N) is 1. The number of amides is 1. The Kier molecular flexibility index (Phi) is 5.98. The zero-order valence-electron chi connectivity index (χ0n) is 14.7. The number of carbonyl (C=O) groups is 1. The summed E-state index contributed by atoms with van der Waals surface area (Å²) in [4.78, 5) is 12.4. The summed E-state index contributed by atoms with van der Waals surface area (Å²) in [5.74, 6) is -0.194. The van der Waals surface area contributed by atoms with Gasteiger partial charge in [0.2, 0.25) is 0 Å². The van der Waals surface area contributed by atoms with Crippen LogP contribution in [0.5, 0.6) is 0 Å². The molecule has 2 aromatic carbocycles. The lowest BCUT2D eigenvalue weighted by atomic mass is 10.1. The van der Waals surface area contributed by atoms with E-state index in [9.17, 15) is 4.79 Å². The number of rotatable bonds is 6. The molecule has 3 aromatic rings. The van der Waals surface area contributed by atoms with Crippen molar-refractivity contribution >= 4 is 34.9 Å². The van der Waals surface area contributed by atoms with E-state index in [1.54, 1.807) is 18.2 Å². The average molecular weight is 404 g/mol. The van der Waals surface area contributed by atoms with Gasteiger partial charge in [0.25, 0.3) is 5.91 Å². The number of anilines is 1. The first-order chi connectivity index (χ1) is 13.0. The Labute approximate surface area is 167 Å². The van der Waals surface area contributed by atoms with Crippen LogP contribution in [0.1, 0.15) is 34.1 Å². The number of halogens is 2. The highest BCUT2D eigenvalue weighted by Gasteiger charge is 2.17. The fourth-order valence-corrected chi connectivity index (χ4v) is 3.05. The Morgan fingerprint density at radius 3 is 2.52 bits per heavy atom. The second-order valence-electron chi connectivity index (χ2n) is 6.07. The minimum atomic E-state index is -0.411. The van der Waals surface area contributed by atoms with E-state index in [0.717, 1.165) is 17.5 Å². The van der Waals surface area contributed by atoms with E-state index in [0.29, 0.717) is 16.6 Å². The van der Waals surface area contributed by atoms with E-state index in [1.165, 1.54) is 10.2 Å². The standard InChI is InChI=1S/C19H19Cl2N5O/c1-2-12-3-5-13(6-4-12)11-26-18(22)17(24-25-26)19(27)23-10-14-7-8-15(20)9-16(14)21/h3-9H,2,10-11,22H2,1H3,(H,23,27). The van der Waals surface area contributed by atoms with Crippen LogP contribution in [0, 0.1) is 0 Å². The number of hydrogen-bond acceptors (Lipinski definition) is 4. The molecule has 0 saturated carbocycles. The van der Waals surface area contributed by atoms with Crippen LogP contribution in [-0.2, 0) is 19.5 Å². The lowest BCUT2D eigenvalue weighted by molar-refractivity contribution is 0.0947. The van der Waals surface area contributed by atoms with Crippen molar-refractivity contribution < 1.29 is 4.79 Å². The molecule has 0 radical (unpaired) electrons. The van der Waals surface area contributed by atoms with Gasteiger partial charge in [0, 0.05) is 16.6 Å². The Balaban J connectivity index is 1.67. The van der Waals surface area contributed by atoms with Crippen LogP contribution in [-0.4, -0.2) is 20.9 Å². The van der Waals surface area contributed by atoms with Crippen molar-refractivity contribution in [2.75, 3.05) is 5.73 Å². The van der Waals surface area contributed by atoms with Gasteiger partial charge < -0.3 is 11.1 Å². The molecule has 27 heavy (non-hydrogen) atoms. The first kappa shape index (κ1) is 19.2. The number of hydrogen-bond donors (Lipinski definition) is 2. The number of nitrogen functional groups attached to an aromatic ring is 1. The van der Waals surface area contributed by atoms with Crippen LogP contribution < -0.4 is 11.1 Å². The lowest BCUT2D eigenvalue weighted by Gasteiger charge is -2.07. The summed E-state index contributed by atoms with van der Waals surface area (Å²) in [7, 11) is 0. The molecule has 0 spiro atoms. The molecule has 140 valence electrons. The Morgan fingerprint density at radius 1 is 1.15 bits per heavy atom. The minimum Gasteiger partial charge on any atom is -0.382 e. The van der Waals surface area contributed by atoms with E-state index in [1.807, 2.05) is 12.1 Å². The molecule has 1 amide bonds. The quantitative estimate of drug-likeness (QED) is 0.656. The monoisotopic (exact) mass is 403 g/mol. The van der Waals surface area contributed by atoms with Gasteiger partial charge in [-0.1, -0.05) is 65.7 Å². The fourth-order valence-electron chi connectivity index (χ4n) is 2.58. The molecule has 0 atom stereocenters. The van der Waals surface area contributed by atoms with Gasteiger partial charge in [-0.2, -0.15) is 0 Å². The van der Waals surface area contributed by atoms with Crippen molar-refractivity contribution in [1.82, 2.24) is 20.3 Å². The number of nitrogens with zero attached hydrogens (tertiary/aromatic N) is 3. The van der Waals surface area contributed by atoms with Crippen LogP contribution in [0.2, 0.25) is 10.0 Å². The van der Waals surface area contributed by atoms with Crippen molar-refractivity contribution in [2.45, 2.75) is 26.4 Å². The molecular formula is C19H19Cl2N5O. The molecule has 6 nitrogen and oxygen atoms in total. The van der Waals surface area contributed by atoms with Crippen LogP contribution in [0.15, 0.2) is 42.5 Å². The molecule has 0 fully saturated rings. The van der Waals surface area contributed by atoms with Crippen LogP contribution >= 0.6 is 23.2 Å². The fraction of sp³-hybridized carbons (Fsp3) is 0.211. The summed E-state index contributed by atoms with van der Waals surface area (Å²) in [6.07, 6.45) is 0.980. The topological polar surface area (TPSA) is 85.8 Å². The molecule has 0 aliphatic heterocycles. The van der Waals surface area contributed by atoms with E-state index in [2.05, 4.69) is 34.7 Å². The summed E-state index contributed by atoms with van der Waals surface area (Å²) >= 11 is 12.0. The predicted octanol–water partition coefficient (Wildman–Crippen LogP) is 3.71. The molecular weight excluding hydrogens is 385 g/mol. The molecule has 0 saturated heterocycles. The molecule has 0 aliphatic carbocycles. The van der Waals surface area contributed by atoms with Crippen molar-refractivity contribution in [3.63, 3.8) is 0 Å². The highest BCUT2D eigenvalue weighted by molar-refractivity contribution is 6.35. The Hall–Kier alpha value is -2.57. The number of nitrogens with one attached hydrogen (secondary N) is 1. The second kappa shape index (κ2) is 8.41. The summed E-state index contributed by atoms with van der Waals surface area (Å²) in [5.41, 5.74) is 9.18. The van der Waals surface area contributed by atoms with Crippen LogP contribution in [0.25, 0.3) is 0 Å². The third-order valence-electron chi connectivity index (χ3n) is 4.21. The number of aromatic nitrogens is 3. The van der Waals surface area contributed by atoms with Gasteiger partial charge in [0.05, 0.1) is 6.54 Å². The molecule has 1 aromatic heterocycles. The highest BCUT2D eigenvalue weighted by Crippen LogP contribution is 2.21. The third-order valence-corrected chi connectivity index (χ3v) is 4.79. The first-order valence-electron chi connectivity index (χ1n) is 8.46. The first-order valence-corrected chi connectivity index (χ1v) is 9.22. The molecule has 0 unspecified atom stereocenters. The van der Waals surface area contributed by atoms with Gasteiger partial charge in [0.15, 0.2) is 11.5 Å². The molecule has 3 rings (SSSR count). The summed E-state index contributed by atoms with van der Waals surface area (Å²) < 4.78 is 1.51. The number of carbonyl (C=O) groups excluding carboxylic acids is 1. The molecule has 0 aliphatic rings. The maximum Gasteiger partial charge on any atom is 0.275 e. The van der Waals surface area contributed by atoms with Crippen molar-refractivity contribution in [2.24, 2.45) is 0 Å². The van der Waals surface area contributed by atoms with Gasteiger partial charge in [-0.15, -0.1) is 5.10 Å². The second-order valence-corrected chi connectivity index (χ2v) is 6.91. The normalized spacial score (nSPS) is 10.8. The van der Waals surface area contributed by atoms with Gasteiger partial charge >= 0.3 is 0 Å². The van der Waals surface area contributed by atoms with Crippen molar-refractivity contribution in [3.05, 3.63) is 74.9 Å². The van der Waals surface area contributed by atoms with Gasteiger partial charge in [-0.25, -0.2) is 4.68 Å². The van der Waals surface area contributed by atoms with E-state index >= 15 is 0 Å². The largest absolute Gasteiger partial charge is 0.382 e. The van der Waals surface area contributed by atoms with Gasteiger partial charge in [0.1, 0.15) is 0 Å². The molecule has 1 heterocycles. The predicted molar refractivity (Wildman–Crippen MR) is 107 cm³/mol. The van der Waals surface area contributed by atoms with Crippen LogP contribution in [0.3, 0.4) is 0 Å². The lowest BCUT2D eigenvalue weighted by Crippen LogP contribution is -2.24. The number of benzene rings is 2. The highest BCUT2D eigenvalue weighted by atomic mass is 35.5. The van der Waals surface area contributed by atoms with Gasteiger partial charge in [-0.3, -0.25) is 4.79 Å². The Morgan fingerprint density at radius 2 is 1.85 bits per heavy atom. The maximum atomic E-state index is 12.4. The van der Waals surface area contributed by atoms with Crippen LogP contribution in [0.4, 0.5) is 5.82 Å². The molecule has 8 heteroatoms.